The van der Waals surface area contributed by atoms with Crippen LogP contribution in [0.3, 0.4) is 0 Å². The second kappa shape index (κ2) is 5.46. The van der Waals surface area contributed by atoms with Gasteiger partial charge in [-0.15, -0.1) is 0 Å². The van der Waals surface area contributed by atoms with Crippen LogP contribution in [0.4, 0.5) is 0 Å². The third-order valence-electron chi connectivity index (χ3n) is 3.30. The fourth-order valence-corrected chi connectivity index (χ4v) is 2.97. The van der Waals surface area contributed by atoms with Gasteiger partial charge in [-0.3, -0.25) is 0 Å². The molecule has 2 aromatic rings. The molecule has 3 heteroatoms. The fourth-order valence-electron chi connectivity index (χ4n) is 2.30. The van der Waals surface area contributed by atoms with E-state index in [1.165, 1.54) is 5.56 Å². The zero-order valence-electron chi connectivity index (χ0n) is 10.5. The first-order valence-electron chi connectivity index (χ1n) is 5.85. The summed E-state index contributed by atoms with van der Waals surface area (Å²) < 4.78 is -0.953. The van der Waals surface area contributed by atoms with Crippen LogP contribution in [0.2, 0.25) is 0 Å². The van der Waals surface area contributed by atoms with E-state index in [-0.39, 0.29) is 21.7 Å². The van der Waals surface area contributed by atoms with Crippen molar-refractivity contribution in [2.75, 3.05) is 0 Å². The van der Waals surface area contributed by atoms with Gasteiger partial charge in [-0.25, -0.2) is 0 Å². The van der Waals surface area contributed by atoms with Gasteiger partial charge in [-0.1, -0.05) is 77.3 Å². The Hall–Kier alpha value is -0.526. The summed E-state index contributed by atoms with van der Waals surface area (Å²) in [4.78, 5) is 0. The van der Waals surface area contributed by atoms with Crippen molar-refractivity contribution in [3.63, 3.8) is 0 Å². The summed E-state index contributed by atoms with van der Waals surface area (Å²) in [5.41, 5.74) is 5.31. The van der Waals surface area contributed by atoms with Gasteiger partial charge in [0.2, 0.25) is 0 Å². The van der Waals surface area contributed by atoms with Crippen molar-refractivity contribution in [1.82, 2.24) is 0 Å². The molecular formula is C16H12Cl2Ti. The van der Waals surface area contributed by atoms with Gasteiger partial charge in [0.15, 0.2) is 4.33 Å². The van der Waals surface area contributed by atoms with Crippen molar-refractivity contribution in [2.24, 2.45) is 0 Å². The molecule has 0 aliphatic heterocycles. The van der Waals surface area contributed by atoms with Gasteiger partial charge >= 0.3 is 0 Å². The van der Waals surface area contributed by atoms with Crippen LogP contribution < -0.4 is 0 Å². The molecule has 0 aromatic heterocycles. The maximum absolute atomic E-state index is 6.54. The van der Waals surface area contributed by atoms with Crippen LogP contribution in [-0.2, 0) is 26.1 Å². The molecule has 3 rings (SSSR count). The van der Waals surface area contributed by atoms with E-state index in [2.05, 4.69) is 37.3 Å². The van der Waals surface area contributed by atoms with Crippen LogP contribution >= 0.6 is 23.2 Å². The number of aryl methyl sites for hydroxylation is 1. The van der Waals surface area contributed by atoms with E-state index in [0.29, 0.717) is 0 Å². The number of halogens is 2. The molecule has 1 aliphatic carbocycles. The zero-order valence-corrected chi connectivity index (χ0v) is 13.5. The van der Waals surface area contributed by atoms with E-state index >= 15 is 0 Å². The maximum atomic E-state index is 6.54. The number of hydrogen-bond donors (Lipinski definition) is 0. The molecule has 0 spiro atoms. The molecule has 0 unspecified atom stereocenters. The Balaban J connectivity index is 0.00000133. The molecule has 0 atom stereocenters. The standard InChI is InChI=1S/C16H12Cl2.Ti/c1-11-6-8-12(9-7-11)15-10-13-4-2-3-5-14(13)16(15,17)18;/h2-10H,1H3;. The van der Waals surface area contributed by atoms with Gasteiger partial charge in [-0.2, -0.15) is 0 Å². The topological polar surface area (TPSA) is 0 Å². The Morgan fingerprint density at radius 3 is 2.16 bits per heavy atom. The average Bonchev–Trinajstić information content (AvgIpc) is 2.63. The smallest absolute Gasteiger partial charge is 0.0909 e. The minimum absolute atomic E-state index is 0. The van der Waals surface area contributed by atoms with Gasteiger partial charge in [0.1, 0.15) is 0 Å². The molecule has 0 bridgehead atoms. The van der Waals surface area contributed by atoms with Crippen molar-refractivity contribution >= 4 is 34.9 Å². The van der Waals surface area contributed by atoms with Crippen LogP contribution in [0, 0.1) is 6.92 Å². The molecule has 0 amide bonds. The van der Waals surface area contributed by atoms with Crippen molar-refractivity contribution < 1.29 is 21.7 Å². The third-order valence-corrected chi connectivity index (χ3v) is 4.11. The predicted octanol–water partition coefficient (Wildman–Crippen LogP) is 5.18. The summed E-state index contributed by atoms with van der Waals surface area (Å²) >= 11 is 13.1. The Labute approximate surface area is 138 Å². The molecular weight excluding hydrogens is 311 g/mol. The normalized spacial score (nSPS) is 15.4. The van der Waals surface area contributed by atoms with Crippen LogP contribution in [0.5, 0.6) is 0 Å². The summed E-state index contributed by atoms with van der Waals surface area (Å²) in [6.45, 7) is 2.07. The molecule has 0 fully saturated rings. The summed E-state index contributed by atoms with van der Waals surface area (Å²) in [5.74, 6) is 0. The first-order chi connectivity index (χ1) is 8.59. The predicted molar refractivity (Wildman–Crippen MR) is 78.9 cm³/mol. The molecule has 0 nitrogen and oxygen atoms in total. The van der Waals surface area contributed by atoms with Gasteiger partial charge < -0.3 is 0 Å². The van der Waals surface area contributed by atoms with Crippen LogP contribution in [0.15, 0.2) is 48.5 Å². The molecule has 0 saturated carbocycles. The van der Waals surface area contributed by atoms with E-state index in [0.717, 1.165) is 22.3 Å². The first kappa shape index (κ1) is 14.9. The van der Waals surface area contributed by atoms with E-state index in [1.807, 2.05) is 24.3 Å². The Kier molecular flexibility index (Phi) is 4.27. The van der Waals surface area contributed by atoms with E-state index in [4.69, 9.17) is 23.2 Å². The molecule has 94 valence electrons. The average molecular weight is 323 g/mol. The molecule has 19 heavy (non-hydrogen) atoms. The van der Waals surface area contributed by atoms with E-state index < -0.39 is 4.33 Å². The monoisotopic (exact) mass is 322 g/mol. The Bertz CT molecular complexity index is 627. The van der Waals surface area contributed by atoms with Gasteiger partial charge in [-0.05, 0) is 29.7 Å². The largest absolute Gasteiger partial charge is 0.169 e. The first-order valence-corrected chi connectivity index (χ1v) is 6.61. The van der Waals surface area contributed by atoms with Crippen molar-refractivity contribution in [3.05, 3.63) is 70.8 Å². The number of allylic oxidation sites excluding steroid dienone is 1. The van der Waals surface area contributed by atoms with E-state index in [9.17, 15) is 0 Å². The summed E-state index contributed by atoms with van der Waals surface area (Å²) in [6.07, 6.45) is 2.07. The summed E-state index contributed by atoms with van der Waals surface area (Å²) in [5, 5.41) is 0. The molecule has 0 N–H and O–H groups in total. The van der Waals surface area contributed by atoms with E-state index in [1.54, 1.807) is 0 Å². The van der Waals surface area contributed by atoms with Crippen molar-refractivity contribution in [2.45, 2.75) is 11.3 Å². The molecule has 2 aromatic carbocycles. The van der Waals surface area contributed by atoms with Crippen LogP contribution in [0.25, 0.3) is 11.6 Å². The maximum Gasteiger partial charge on any atom is 0.169 e. The number of alkyl halides is 2. The molecule has 0 saturated heterocycles. The minimum Gasteiger partial charge on any atom is -0.0909 e. The SMILES string of the molecule is Cc1ccc(C2=Cc3ccccc3C2(Cl)Cl)cc1.[Ti]. The summed E-state index contributed by atoms with van der Waals surface area (Å²) in [7, 11) is 0. The van der Waals surface area contributed by atoms with Crippen LogP contribution in [0.1, 0.15) is 22.3 Å². The number of fused-ring (bicyclic) bond motifs is 1. The second-order valence-electron chi connectivity index (χ2n) is 4.59. The molecule has 0 radical (unpaired) electrons. The van der Waals surface area contributed by atoms with Gasteiger partial charge in [0.25, 0.3) is 0 Å². The Morgan fingerprint density at radius 2 is 1.53 bits per heavy atom. The number of rotatable bonds is 1. The quantitative estimate of drug-likeness (QED) is 0.501. The number of benzene rings is 2. The minimum atomic E-state index is -0.953. The zero-order chi connectivity index (χ0) is 12.8. The van der Waals surface area contributed by atoms with Crippen molar-refractivity contribution in [3.8, 4) is 0 Å². The van der Waals surface area contributed by atoms with Gasteiger partial charge in [0.05, 0.1) is 0 Å². The molecule has 0 heterocycles. The van der Waals surface area contributed by atoms with Gasteiger partial charge in [0, 0.05) is 27.3 Å². The van der Waals surface area contributed by atoms with Crippen LogP contribution in [-0.4, -0.2) is 0 Å². The van der Waals surface area contributed by atoms with Crippen molar-refractivity contribution in [1.29, 1.82) is 0 Å². The third kappa shape index (κ3) is 2.55. The molecule has 1 aliphatic rings. The summed E-state index contributed by atoms with van der Waals surface area (Å²) in [6, 6.07) is 16.2. The second-order valence-corrected chi connectivity index (χ2v) is 5.91. The fraction of sp³-hybridized carbons (Fsp3) is 0.125. The Morgan fingerprint density at radius 1 is 0.895 bits per heavy atom. The number of hydrogen-bond acceptors (Lipinski definition) is 0.